The van der Waals surface area contributed by atoms with Crippen molar-refractivity contribution >= 4 is 59.3 Å². The van der Waals surface area contributed by atoms with Gasteiger partial charge in [0.15, 0.2) is 0 Å². The fourth-order valence-corrected chi connectivity index (χ4v) is 6.50. The molecule has 0 amide bonds. The maximum Gasteiger partial charge on any atom is 0.243 e. The van der Waals surface area contributed by atoms with Crippen LogP contribution in [0.15, 0.2) is 26.0 Å². The lowest BCUT2D eigenvalue weighted by atomic mass is 10.0. The smallest absolute Gasteiger partial charge is 0.243 e. The van der Waals surface area contributed by atoms with Gasteiger partial charge in [-0.25, -0.2) is 13.1 Å². The topological polar surface area (TPSA) is 72.2 Å². The zero-order valence-electron chi connectivity index (χ0n) is 10.7. The number of halogens is 2. The Morgan fingerprint density at radius 3 is 2.55 bits per heavy atom. The van der Waals surface area contributed by atoms with Crippen molar-refractivity contribution in [3.8, 4) is 0 Å². The lowest BCUT2D eigenvalue weighted by molar-refractivity contribution is 0.476. The highest BCUT2D eigenvalue weighted by atomic mass is 79.9. The SMILES string of the molecule is Nc1cc(Br)cc(Br)c1S(=O)(=O)NCC1CCSCC1. The van der Waals surface area contributed by atoms with Crippen molar-refractivity contribution in [2.75, 3.05) is 23.8 Å². The number of nitrogen functional groups attached to an aromatic ring is 1. The van der Waals surface area contributed by atoms with Crippen molar-refractivity contribution in [1.29, 1.82) is 0 Å². The quantitative estimate of drug-likeness (QED) is 0.700. The summed E-state index contributed by atoms with van der Waals surface area (Å²) in [5.74, 6) is 2.63. The van der Waals surface area contributed by atoms with E-state index < -0.39 is 10.0 Å². The summed E-state index contributed by atoms with van der Waals surface area (Å²) in [5.41, 5.74) is 6.07. The van der Waals surface area contributed by atoms with Crippen LogP contribution in [0.4, 0.5) is 5.69 Å². The third-order valence-electron chi connectivity index (χ3n) is 3.21. The molecule has 4 nitrogen and oxygen atoms in total. The van der Waals surface area contributed by atoms with Gasteiger partial charge in [-0.2, -0.15) is 11.8 Å². The molecule has 8 heteroatoms. The Labute approximate surface area is 140 Å². The Bertz CT molecular complexity index is 564. The summed E-state index contributed by atoms with van der Waals surface area (Å²) in [4.78, 5) is 0.117. The minimum atomic E-state index is -3.59. The van der Waals surface area contributed by atoms with Gasteiger partial charge in [0.2, 0.25) is 10.0 Å². The van der Waals surface area contributed by atoms with Gasteiger partial charge in [-0.15, -0.1) is 0 Å². The molecule has 1 saturated heterocycles. The molecular formula is C12H16Br2N2O2S2. The first kappa shape index (κ1) is 16.6. The van der Waals surface area contributed by atoms with E-state index in [2.05, 4.69) is 36.6 Å². The Morgan fingerprint density at radius 1 is 1.30 bits per heavy atom. The van der Waals surface area contributed by atoms with E-state index in [9.17, 15) is 8.42 Å². The maximum atomic E-state index is 12.4. The summed E-state index contributed by atoms with van der Waals surface area (Å²) in [6.07, 6.45) is 2.12. The van der Waals surface area contributed by atoms with Gasteiger partial charge < -0.3 is 5.73 Å². The average Bonchev–Trinajstić information content (AvgIpc) is 2.36. The highest BCUT2D eigenvalue weighted by molar-refractivity contribution is 9.11. The predicted octanol–water partition coefficient (Wildman–Crippen LogP) is 3.22. The fraction of sp³-hybridized carbons (Fsp3) is 0.500. The lowest BCUT2D eigenvalue weighted by Crippen LogP contribution is -2.31. The van der Waals surface area contributed by atoms with E-state index in [1.54, 1.807) is 12.1 Å². The molecule has 0 aliphatic carbocycles. The van der Waals surface area contributed by atoms with Crippen LogP contribution in [0.3, 0.4) is 0 Å². The van der Waals surface area contributed by atoms with Crippen LogP contribution in [0.5, 0.6) is 0 Å². The molecule has 2 rings (SSSR count). The zero-order valence-corrected chi connectivity index (χ0v) is 15.5. The van der Waals surface area contributed by atoms with Crippen LogP contribution in [0.25, 0.3) is 0 Å². The summed E-state index contributed by atoms with van der Waals surface area (Å²) < 4.78 is 28.7. The second kappa shape index (κ2) is 7.00. The first-order chi connectivity index (χ1) is 9.40. The van der Waals surface area contributed by atoms with E-state index in [0.717, 1.165) is 28.8 Å². The number of rotatable bonds is 4. The minimum Gasteiger partial charge on any atom is -0.398 e. The molecule has 112 valence electrons. The van der Waals surface area contributed by atoms with Gasteiger partial charge in [0.25, 0.3) is 0 Å². The molecule has 1 aromatic carbocycles. The van der Waals surface area contributed by atoms with E-state index >= 15 is 0 Å². The van der Waals surface area contributed by atoms with Crippen molar-refractivity contribution < 1.29 is 8.42 Å². The van der Waals surface area contributed by atoms with Gasteiger partial charge >= 0.3 is 0 Å². The summed E-state index contributed by atoms with van der Waals surface area (Å²) in [5, 5.41) is 0. The van der Waals surface area contributed by atoms with Crippen molar-refractivity contribution in [3.63, 3.8) is 0 Å². The maximum absolute atomic E-state index is 12.4. The molecule has 0 atom stereocenters. The van der Waals surface area contributed by atoms with Gasteiger partial charge in [0, 0.05) is 15.5 Å². The third-order valence-corrected chi connectivity index (χ3v) is 7.14. The molecule has 0 saturated carbocycles. The molecule has 0 aromatic heterocycles. The second-order valence-corrected chi connectivity index (χ2v) is 9.41. The molecule has 1 fully saturated rings. The molecule has 1 aliphatic rings. The Balaban J connectivity index is 2.14. The molecule has 1 aromatic rings. The van der Waals surface area contributed by atoms with Crippen molar-refractivity contribution in [1.82, 2.24) is 4.72 Å². The van der Waals surface area contributed by atoms with E-state index in [1.165, 1.54) is 0 Å². The third kappa shape index (κ3) is 4.13. The van der Waals surface area contributed by atoms with E-state index in [1.807, 2.05) is 11.8 Å². The van der Waals surface area contributed by atoms with Crippen molar-refractivity contribution in [2.45, 2.75) is 17.7 Å². The molecular weight excluding hydrogens is 428 g/mol. The predicted molar refractivity (Wildman–Crippen MR) is 91.5 cm³/mol. The van der Waals surface area contributed by atoms with Gasteiger partial charge in [-0.3, -0.25) is 0 Å². The molecule has 3 N–H and O–H groups in total. The molecule has 1 aliphatic heterocycles. The number of hydrogen-bond donors (Lipinski definition) is 2. The minimum absolute atomic E-state index is 0.117. The van der Waals surface area contributed by atoms with E-state index in [4.69, 9.17) is 5.73 Å². The van der Waals surface area contributed by atoms with Crippen molar-refractivity contribution in [3.05, 3.63) is 21.1 Å². The summed E-state index contributed by atoms with van der Waals surface area (Å²) in [6.45, 7) is 0.477. The summed E-state index contributed by atoms with van der Waals surface area (Å²) in [7, 11) is -3.59. The zero-order chi connectivity index (χ0) is 14.8. The van der Waals surface area contributed by atoms with Crippen molar-refractivity contribution in [2.24, 2.45) is 5.92 Å². The van der Waals surface area contributed by atoms with Crippen LogP contribution < -0.4 is 10.5 Å². The highest BCUT2D eigenvalue weighted by Gasteiger charge is 2.23. The lowest BCUT2D eigenvalue weighted by Gasteiger charge is -2.22. The number of benzene rings is 1. The van der Waals surface area contributed by atoms with Crippen LogP contribution in [-0.4, -0.2) is 26.5 Å². The van der Waals surface area contributed by atoms with E-state index in [-0.39, 0.29) is 10.6 Å². The first-order valence-electron chi connectivity index (χ1n) is 6.22. The van der Waals surface area contributed by atoms with Crippen LogP contribution in [-0.2, 0) is 10.0 Å². The van der Waals surface area contributed by atoms with Crippen LogP contribution in [0.2, 0.25) is 0 Å². The number of anilines is 1. The Kier molecular flexibility index (Phi) is 5.81. The number of nitrogens with two attached hydrogens (primary N) is 1. The number of hydrogen-bond acceptors (Lipinski definition) is 4. The van der Waals surface area contributed by atoms with Crippen LogP contribution in [0.1, 0.15) is 12.8 Å². The summed E-state index contributed by atoms with van der Waals surface area (Å²) in [6, 6.07) is 3.28. The van der Waals surface area contributed by atoms with Crippen LogP contribution in [0, 0.1) is 5.92 Å². The normalized spacial score (nSPS) is 17.3. The number of thioether (sulfide) groups is 1. The monoisotopic (exact) mass is 442 g/mol. The van der Waals surface area contributed by atoms with E-state index in [0.29, 0.717) is 16.9 Å². The van der Waals surface area contributed by atoms with Gasteiger partial charge in [-0.1, -0.05) is 15.9 Å². The molecule has 0 spiro atoms. The number of nitrogens with one attached hydrogen (secondary N) is 1. The molecule has 0 radical (unpaired) electrons. The van der Waals surface area contributed by atoms with Crippen LogP contribution >= 0.6 is 43.6 Å². The molecule has 0 bridgehead atoms. The standard InChI is InChI=1S/C12H16Br2N2O2S2/c13-9-5-10(14)12(11(15)6-9)20(17,18)16-7-8-1-3-19-4-2-8/h5-6,8,16H,1-4,7,15H2. The molecule has 20 heavy (non-hydrogen) atoms. The molecule has 1 heterocycles. The Morgan fingerprint density at radius 2 is 1.95 bits per heavy atom. The van der Waals surface area contributed by atoms with Gasteiger partial charge in [0.05, 0.1) is 5.69 Å². The first-order valence-corrected chi connectivity index (χ1v) is 10.4. The largest absolute Gasteiger partial charge is 0.398 e. The summed E-state index contributed by atoms with van der Waals surface area (Å²) >= 11 is 8.48. The fourth-order valence-electron chi connectivity index (χ4n) is 2.11. The Hall–Kier alpha value is 0.240. The average molecular weight is 444 g/mol. The molecule has 0 unspecified atom stereocenters. The number of sulfonamides is 1. The second-order valence-electron chi connectivity index (χ2n) is 4.71. The van der Waals surface area contributed by atoms with Gasteiger partial charge in [0.1, 0.15) is 4.90 Å². The van der Waals surface area contributed by atoms with Gasteiger partial charge in [-0.05, 0) is 58.3 Å². The highest BCUT2D eigenvalue weighted by Crippen LogP contribution is 2.31.